The molecule has 1 aliphatic heterocycles. The van der Waals surface area contributed by atoms with Crippen molar-refractivity contribution in [3.8, 4) is 0 Å². The predicted octanol–water partition coefficient (Wildman–Crippen LogP) is -1.79. The molecule has 1 heterocycles. The Morgan fingerprint density at radius 3 is 2.33 bits per heavy atom. The molecule has 0 saturated carbocycles. The van der Waals surface area contributed by atoms with Crippen molar-refractivity contribution >= 4 is 30.7 Å². The molecule has 104 valence electrons. The zero-order chi connectivity index (χ0) is 14.1. The Bertz CT molecular complexity index is 386. The fourth-order valence-corrected chi connectivity index (χ4v) is 3.81. The summed E-state index contributed by atoms with van der Waals surface area (Å²) in [7, 11) is -6.04. The molecule has 1 rings (SSSR count). The highest BCUT2D eigenvalue weighted by Gasteiger charge is 2.39. The van der Waals surface area contributed by atoms with Gasteiger partial charge in [-0.2, -0.15) is 0 Å². The largest absolute Gasteiger partial charge is 0.476 e. The molecule has 0 aliphatic carbocycles. The van der Waals surface area contributed by atoms with Crippen LogP contribution >= 0.6 is 15.3 Å². The SMILES string of the molecule is B[C@@H]1O[C@H](COP(B)(=O)OP(=O)(O)O)[C@@H](O)[C@H]1C. The Labute approximate surface area is 107 Å². The number of rotatable bonds is 5. The lowest BCUT2D eigenvalue weighted by Crippen LogP contribution is -2.29. The zero-order valence-corrected chi connectivity index (χ0v) is 12.1. The van der Waals surface area contributed by atoms with Crippen LogP contribution in [0.25, 0.3) is 0 Å². The number of phosphoric acid groups is 1. The Hall–Kier alpha value is 0.350. The van der Waals surface area contributed by atoms with Gasteiger partial charge >= 0.3 is 7.82 Å². The van der Waals surface area contributed by atoms with Crippen molar-refractivity contribution in [2.24, 2.45) is 5.92 Å². The third-order valence-electron chi connectivity index (χ3n) is 2.78. The van der Waals surface area contributed by atoms with Gasteiger partial charge in [0.25, 0.3) is 15.0 Å². The molecule has 0 radical (unpaired) electrons. The molecule has 8 nitrogen and oxygen atoms in total. The topological polar surface area (TPSA) is 123 Å². The molecule has 0 aromatic carbocycles. The van der Waals surface area contributed by atoms with Crippen molar-refractivity contribution in [1.82, 2.24) is 0 Å². The van der Waals surface area contributed by atoms with E-state index in [0.717, 1.165) is 7.57 Å². The summed E-state index contributed by atoms with van der Waals surface area (Å²) in [6.07, 6.45) is -1.47. The Morgan fingerprint density at radius 1 is 1.39 bits per heavy atom. The van der Waals surface area contributed by atoms with Gasteiger partial charge < -0.3 is 24.2 Å². The molecule has 1 saturated heterocycles. The smallest absolute Gasteiger partial charge is 0.390 e. The predicted molar refractivity (Wildman–Crippen MR) is 67.6 cm³/mol. The first kappa shape index (κ1) is 16.4. The van der Waals surface area contributed by atoms with Gasteiger partial charge in [-0.1, -0.05) is 6.92 Å². The summed E-state index contributed by atoms with van der Waals surface area (Å²) < 4.78 is 36.3. The molecule has 0 amide bonds. The van der Waals surface area contributed by atoms with Crippen LogP contribution in [0, 0.1) is 5.92 Å². The Morgan fingerprint density at radius 2 is 1.94 bits per heavy atom. The number of ether oxygens (including phenoxy) is 1. The summed E-state index contributed by atoms with van der Waals surface area (Å²) in [5.74, 6) is -0.0995. The van der Waals surface area contributed by atoms with Gasteiger partial charge in [0.1, 0.15) is 14.0 Å². The monoisotopic (exact) mass is 300 g/mol. The second kappa shape index (κ2) is 5.77. The lowest BCUT2D eigenvalue weighted by atomic mass is 9.86. The first-order valence-electron chi connectivity index (χ1n) is 5.34. The van der Waals surface area contributed by atoms with E-state index in [1.54, 1.807) is 14.8 Å². The molecule has 12 heteroatoms. The molecule has 1 fully saturated rings. The molecule has 0 aromatic heterocycles. The number of aliphatic hydroxyl groups is 1. The highest BCUT2D eigenvalue weighted by atomic mass is 31.3. The van der Waals surface area contributed by atoms with Crippen molar-refractivity contribution in [3.05, 3.63) is 0 Å². The molecule has 1 aliphatic rings. The maximum Gasteiger partial charge on any atom is 0.476 e. The molecule has 1 unspecified atom stereocenters. The fraction of sp³-hybridized carbons (Fsp3) is 1.00. The molecule has 0 spiro atoms. The summed E-state index contributed by atoms with van der Waals surface area (Å²) in [6, 6.07) is -0.174. The van der Waals surface area contributed by atoms with E-state index in [1.165, 1.54) is 0 Å². The van der Waals surface area contributed by atoms with Crippen LogP contribution in [0.5, 0.6) is 0 Å². The average molecular weight is 300 g/mol. The second-order valence-electron chi connectivity index (χ2n) is 4.37. The quantitative estimate of drug-likeness (QED) is 0.402. The summed E-state index contributed by atoms with van der Waals surface area (Å²) in [6.45, 7) is 1.54. The van der Waals surface area contributed by atoms with Crippen LogP contribution in [0.4, 0.5) is 0 Å². The maximum absolute atomic E-state index is 11.6. The van der Waals surface area contributed by atoms with Crippen molar-refractivity contribution in [2.45, 2.75) is 25.1 Å². The van der Waals surface area contributed by atoms with Gasteiger partial charge in [0, 0.05) is 11.9 Å². The van der Waals surface area contributed by atoms with E-state index in [2.05, 4.69) is 4.31 Å². The fourth-order valence-electron chi connectivity index (χ4n) is 1.66. The van der Waals surface area contributed by atoms with Crippen molar-refractivity contribution in [1.29, 1.82) is 0 Å². The van der Waals surface area contributed by atoms with Gasteiger partial charge in [0.05, 0.1) is 12.7 Å². The standard InChI is InChI=1S/C6H16B2O8P2/c1-3-5(9)4(15-6(3)7)2-14-17(8,10)16-18(11,12)13/h3-6,9H,2,7-8H2,1H3,(H2,11,12,13)/t3-,4-,5+,6-,17?/m1/s1. The zero-order valence-electron chi connectivity index (χ0n) is 10.3. The number of hydrogen-bond acceptors (Lipinski definition) is 6. The molecular formula is C6H16B2O8P2. The van der Waals surface area contributed by atoms with Gasteiger partial charge in [-0.25, -0.2) is 8.88 Å². The van der Waals surface area contributed by atoms with Crippen LogP contribution in [0.2, 0.25) is 0 Å². The Kier molecular flexibility index (Phi) is 5.26. The number of aliphatic hydroxyl groups excluding tert-OH is 1. The van der Waals surface area contributed by atoms with E-state index < -0.39 is 27.5 Å². The minimum Gasteiger partial charge on any atom is -0.390 e. The second-order valence-corrected chi connectivity index (χ2v) is 7.80. The van der Waals surface area contributed by atoms with Crippen LogP contribution in [0.3, 0.4) is 0 Å². The molecule has 3 N–H and O–H groups in total. The van der Waals surface area contributed by atoms with Crippen LogP contribution < -0.4 is 0 Å². The van der Waals surface area contributed by atoms with Crippen LogP contribution in [-0.4, -0.2) is 55.1 Å². The van der Waals surface area contributed by atoms with E-state index in [1.807, 2.05) is 0 Å². The maximum atomic E-state index is 11.6. The van der Waals surface area contributed by atoms with E-state index in [9.17, 15) is 14.2 Å². The van der Waals surface area contributed by atoms with Gasteiger partial charge in [0.2, 0.25) is 0 Å². The first-order chi connectivity index (χ1) is 8.02. The lowest BCUT2D eigenvalue weighted by molar-refractivity contribution is 0.000557. The van der Waals surface area contributed by atoms with E-state index in [0.29, 0.717) is 0 Å². The van der Waals surface area contributed by atoms with E-state index >= 15 is 0 Å². The summed E-state index contributed by atoms with van der Waals surface area (Å²) in [5, 5.41) is 9.77. The first-order valence-corrected chi connectivity index (χ1v) is 8.86. The Balaban J connectivity index is 2.51. The summed E-state index contributed by atoms with van der Waals surface area (Å²) in [5.41, 5.74) is 0. The summed E-state index contributed by atoms with van der Waals surface area (Å²) in [4.78, 5) is 17.1. The molecular weight excluding hydrogens is 284 g/mol. The minimum absolute atomic E-state index is 0.0995. The van der Waals surface area contributed by atoms with Crippen molar-refractivity contribution in [2.75, 3.05) is 6.61 Å². The number of hydrogen-bond donors (Lipinski definition) is 3. The van der Waals surface area contributed by atoms with E-state index in [4.69, 9.17) is 19.0 Å². The highest BCUT2D eigenvalue weighted by molar-refractivity contribution is 7.83. The highest BCUT2D eigenvalue weighted by Crippen LogP contribution is 2.57. The normalized spacial score (nSPS) is 36.4. The molecule has 0 bridgehead atoms. The van der Waals surface area contributed by atoms with Gasteiger partial charge in [-0.15, -0.1) is 0 Å². The molecule has 5 atom stereocenters. The third-order valence-corrected chi connectivity index (χ3v) is 5.43. The van der Waals surface area contributed by atoms with Gasteiger partial charge in [0.15, 0.2) is 0 Å². The average Bonchev–Trinajstić information content (AvgIpc) is 2.39. The van der Waals surface area contributed by atoms with E-state index in [-0.39, 0.29) is 18.5 Å². The van der Waals surface area contributed by atoms with Crippen molar-refractivity contribution < 1.29 is 37.6 Å². The molecule has 0 aromatic rings. The van der Waals surface area contributed by atoms with Crippen LogP contribution in [0.1, 0.15) is 6.92 Å². The summed E-state index contributed by atoms with van der Waals surface area (Å²) >= 11 is 0. The minimum atomic E-state index is -4.88. The molecule has 18 heavy (non-hydrogen) atoms. The van der Waals surface area contributed by atoms with Crippen LogP contribution in [0.15, 0.2) is 0 Å². The third kappa shape index (κ3) is 4.79. The van der Waals surface area contributed by atoms with Gasteiger partial charge in [-0.05, 0) is 0 Å². The van der Waals surface area contributed by atoms with Gasteiger partial charge in [-0.3, -0.25) is 4.57 Å². The van der Waals surface area contributed by atoms with Crippen molar-refractivity contribution in [3.63, 3.8) is 0 Å². The lowest BCUT2D eigenvalue weighted by Gasteiger charge is -2.19. The van der Waals surface area contributed by atoms with Crippen LogP contribution in [-0.2, 0) is 22.7 Å².